The molecule has 20 heavy (non-hydrogen) atoms. The third-order valence-electron chi connectivity index (χ3n) is 2.95. The standard InChI is InChI=1S/C13H16N4O3/c1-17-11(18)6-5-10(16-17)12(19)15-8-9-4-3-7-14-13(9)20-2/h3-4,7H,5-6,8H2,1-2H3,(H,15,19). The highest BCUT2D eigenvalue weighted by atomic mass is 16.5. The van der Waals surface area contributed by atoms with Gasteiger partial charge in [-0.2, -0.15) is 5.10 Å². The molecule has 106 valence electrons. The number of ether oxygens (including phenoxy) is 1. The van der Waals surface area contributed by atoms with E-state index in [1.165, 1.54) is 12.1 Å². The maximum absolute atomic E-state index is 12.0. The lowest BCUT2D eigenvalue weighted by Crippen LogP contribution is -2.37. The molecule has 1 aromatic heterocycles. The number of methoxy groups -OCH3 is 1. The summed E-state index contributed by atoms with van der Waals surface area (Å²) >= 11 is 0. The van der Waals surface area contributed by atoms with Gasteiger partial charge >= 0.3 is 0 Å². The van der Waals surface area contributed by atoms with Crippen LogP contribution < -0.4 is 10.1 Å². The minimum absolute atomic E-state index is 0.0875. The number of pyridine rings is 1. The van der Waals surface area contributed by atoms with Crippen LogP contribution in [0.4, 0.5) is 0 Å². The second-order valence-corrected chi connectivity index (χ2v) is 4.32. The van der Waals surface area contributed by atoms with Crippen LogP contribution in [-0.2, 0) is 16.1 Å². The lowest BCUT2D eigenvalue weighted by Gasteiger charge is -2.19. The molecule has 0 bridgehead atoms. The predicted molar refractivity (Wildman–Crippen MR) is 72.1 cm³/mol. The van der Waals surface area contributed by atoms with E-state index in [0.717, 1.165) is 5.56 Å². The highest BCUT2D eigenvalue weighted by molar-refractivity contribution is 6.39. The van der Waals surface area contributed by atoms with Crippen LogP contribution in [0.1, 0.15) is 18.4 Å². The normalized spacial score (nSPS) is 14.8. The fourth-order valence-electron chi connectivity index (χ4n) is 1.85. The molecule has 0 saturated carbocycles. The average molecular weight is 276 g/mol. The summed E-state index contributed by atoms with van der Waals surface area (Å²) in [6.45, 7) is 0.298. The minimum atomic E-state index is -0.282. The second kappa shape index (κ2) is 6.14. The first kappa shape index (κ1) is 14.0. The maximum atomic E-state index is 12.0. The highest BCUT2D eigenvalue weighted by Crippen LogP contribution is 2.13. The molecule has 2 heterocycles. The van der Waals surface area contributed by atoms with Crippen molar-refractivity contribution in [2.24, 2.45) is 5.10 Å². The van der Waals surface area contributed by atoms with Gasteiger partial charge in [0.05, 0.1) is 7.11 Å². The van der Waals surface area contributed by atoms with Crippen molar-refractivity contribution in [1.82, 2.24) is 15.3 Å². The molecule has 1 aromatic rings. The summed E-state index contributed by atoms with van der Waals surface area (Å²) < 4.78 is 5.11. The van der Waals surface area contributed by atoms with Crippen LogP contribution in [-0.4, -0.2) is 41.7 Å². The highest BCUT2D eigenvalue weighted by Gasteiger charge is 2.21. The van der Waals surface area contributed by atoms with E-state index in [1.54, 1.807) is 19.3 Å². The molecule has 0 atom stereocenters. The number of hydrogen-bond donors (Lipinski definition) is 1. The van der Waals surface area contributed by atoms with E-state index in [-0.39, 0.29) is 11.8 Å². The molecule has 0 aliphatic carbocycles. The summed E-state index contributed by atoms with van der Waals surface area (Å²) in [6, 6.07) is 3.60. The van der Waals surface area contributed by atoms with Crippen LogP contribution in [0.2, 0.25) is 0 Å². The molecule has 7 heteroatoms. The summed E-state index contributed by atoms with van der Waals surface area (Å²) in [7, 11) is 3.07. The smallest absolute Gasteiger partial charge is 0.267 e. The fraction of sp³-hybridized carbons (Fsp3) is 0.385. The van der Waals surface area contributed by atoms with Crippen LogP contribution in [0.25, 0.3) is 0 Å². The quantitative estimate of drug-likeness (QED) is 0.858. The topological polar surface area (TPSA) is 83.9 Å². The van der Waals surface area contributed by atoms with E-state index in [1.807, 2.05) is 6.07 Å². The number of carbonyl (C=O) groups is 2. The Morgan fingerprint density at radius 2 is 2.30 bits per heavy atom. The van der Waals surface area contributed by atoms with Gasteiger partial charge in [0.2, 0.25) is 11.8 Å². The zero-order valence-electron chi connectivity index (χ0n) is 11.4. The third-order valence-corrected chi connectivity index (χ3v) is 2.95. The molecule has 1 N–H and O–H groups in total. The van der Waals surface area contributed by atoms with Crippen molar-refractivity contribution in [3.8, 4) is 5.88 Å². The van der Waals surface area contributed by atoms with E-state index in [4.69, 9.17) is 4.74 Å². The van der Waals surface area contributed by atoms with E-state index in [0.29, 0.717) is 31.0 Å². The zero-order valence-corrected chi connectivity index (χ0v) is 11.4. The van der Waals surface area contributed by atoms with E-state index >= 15 is 0 Å². The van der Waals surface area contributed by atoms with E-state index in [2.05, 4.69) is 15.4 Å². The van der Waals surface area contributed by atoms with Gasteiger partial charge in [0.1, 0.15) is 5.71 Å². The number of nitrogens with zero attached hydrogens (tertiary/aromatic N) is 3. The molecular formula is C13H16N4O3. The van der Waals surface area contributed by atoms with Crippen molar-refractivity contribution >= 4 is 17.5 Å². The molecule has 0 fully saturated rings. The number of nitrogens with one attached hydrogen (secondary N) is 1. The molecule has 1 aliphatic rings. The molecular weight excluding hydrogens is 260 g/mol. The molecule has 0 radical (unpaired) electrons. The van der Waals surface area contributed by atoms with Crippen LogP contribution in [0.15, 0.2) is 23.4 Å². The van der Waals surface area contributed by atoms with Crippen LogP contribution in [0, 0.1) is 0 Å². The Hall–Kier alpha value is -2.44. The molecule has 0 saturated heterocycles. The van der Waals surface area contributed by atoms with Crippen molar-refractivity contribution in [3.63, 3.8) is 0 Å². The Morgan fingerprint density at radius 3 is 3.00 bits per heavy atom. The fourth-order valence-corrected chi connectivity index (χ4v) is 1.85. The number of aromatic nitrogens is 1. The van der Waals surface area contributed by atoms with Crippen molar-refractivity contribution in [2.45, 2.75) is 19.4 Å². The Labute approximate surface area is 116 Å². The first-order valence-corrected chi connectivity index (χ1v) is 6.22. The van der Waals surface area contributed by atoms with Gasteiger partial charge in [-0.25, -0.2) is 9.99 Å². The van der Waals surface area contributed by atoms with Crippen LogP contribution in [0.3, 0.4) is 0 Å². The van der Waals surface area contributed by atoms with Gasteiger partial charge < -0.3 is 10.1 Å². The Kier molecular flexibility index (Phi) is 4.29. The summed E-state index contributed by atoms with van der Waals surface area (Å²) in [5, 5.41) is 7.91. The molecule has 2 amide bonds. The third kappa shape index (κ3) is 3.11. The largest absolute Gasteiger partial charge is 0.481 e. The van der Waals surface area contributed by atoms with Crippen molar-refractivity contribution in [2.75, 3.05) is 14.2 Å². The predicted octanol–water partition coefficient (Wildman–Crippen LogP) is 0.315. The number of hydrazone groups is 1. The summed E-state index contributed by atoms with van der Waals surface area (Å²) in [5.74, 6) is 0.108. The van der Waals surface area contributed by atoms with Gasteiger partial charge in [0, 0.05) is 38.2 Å². The van der Waals surface area contributed by atoms with Gasteiger partial charge in [0.25, 0.3) is 5.91 Å². The number of hydrogen-bond acceptors (Lipinski definition) is 5. The number of amides is 2. The first-order valence-electron chi connectivity index (χ1n) is 6.22. The van der Waals surface area contributed by atoms with Gasteiger partial charge in [-0.05, 0) is 6.07 Å². The van der Waals surface area contributed by atoms with Crippen molar-refractivity contribution in [1.29, 1.82) is 0 Å². The average Bonchev–Trinajstić information content (AvgIpc) is 2.47. The van der Waals surface area contributed by atoms with E-state index < -0.39 is 0 Å². The number of rotatable bonds is 4. The molecule has 0 unspecified atom stereocenters. The Bertz CT molecular complexity index is 556. The lowest BCUT2D eigenvalue weighted by atomic mass is 10.1. The monoisotopic (exact) mass is 276 g/mol. The number of carbonyl (C=O) groups excluding carboxylic acids is 2. The summed E-state index contributed by atoms with van der Waals surface area (Å²) in [4.78, 5) is 27.3. The molecule has 1 aliphatic heterocycles. The lowest BCUT2D eigenvalue weighted by molar-refractivity contribution is -0.130. The van der Waals surface area contributed by atoms with Gasteiger partial charge in [-0.3, -0.25) is 9.59 Å². The molecule has 0 spiro atoms. The molecule has 0 aromatic carbocycles. The van der Waals surface area contributed by atoms with Crippen LogP contribution in [0.5, 0.6) is 5.88 Å². The van der Waals surface area contributed by atoms with Crippen LogP contribution >= 0.6 is 0 Å². The van der Waals surface area contributed by atoms with Gasteiger partial charge in [0.15, 0.2) is 0 Å². The van der Waals surface area contributed by atoms with E-state index in [9.17, 15) is 9.59 Å². The molecule has 2 rings (SSSR count). The zero-order chi connectivity index (χ0) is 14.5. The Balaban J connectivity index is 1.99. The maximum Gasteiger partial charge on any atom is 0.267 e. The SMILES string of the molecule is COc1ncccc1CNC(=O)C1=NN(C)C(=O)CC1. The summed E-state index contributed by atoms with van der Waals surface area (Å²) in [6.07, 6.45) is 2.29. The van der Waals surface area contributed by atoms with Crippen molar-refractivity contribution < 1.29 is 14.3 Å². The van der Waals surface area contributed by atoms with Gasteiger partial charge in [-0.15, -0.1) is 0 Å². The summed E-state index contributed by atoms with van der Waals surface area (Å²) in [5.41, 5.74) is 1.14. The van der Waals surface area contributed by atoms with Gasteiger partial charge in [-0.1, -0.05) is 6.07 Å². The van der Waals surface area contributed by atoms with Crippen molar-refractivity contribution in [3.05, 3.63) is 23.9 Å². The second-order valence-electron chi connectivity index (χ2n) is 4.32. The molecule has 7 nitrogen and oxygen atoms in total. The first-order chi connectivity index (χ1) is 9.61. The minimum Gasteiger partial charge on any atom is -0.481 e. The Morgan fingerprint density at radius 1 is 1.50 bits per heavy atom.